The van der Waals surface area contributed by atoms with E-state index in [-0.39, 0.29) is 0 Å². The average molecular weight is 639 g/mol. The van der Waals surface area contributed by atoms with Crippen LogP contribution in [-0.2, 0) is 0 Å². The molecule has 0 spiro atoms. The molecule has 10 aliphatic rings. The second-order valence-corrected chi connectivity index (χ2v) is 12.8. The van der Waals surface area contributed by atoms with Crippen molar-refractivity contribution in [2.75, 3.05) is 0 Å². The Morgan fingerprint density at radius 1 is 0.178 bits per heavy atom. The lowest BCUT2D eigenvalue weighted by molar-refractivity contribution is 0.176. The van der Waals surface area contributed by atoms with Crippen molar-refractivity contribution in [3.8, 4) is 0 Å². The lowest BCUT2D eigenvalue weighted by Gasteiger charge is -2.35. The summed E-state index contributed by atoms with van der Waals surface area (Å²) in [6.45, 7) is 32.0. The molecule has 45 heavy (non-hydrogen) atoms. The number of rotatable bonds is 0. The van der Waals surface area contributed by atoms with E-state index in [2.05, 4.69) is 0 Å². The van der Waals surface area contributed by atoms with E-state index in [4.69, 9.17) is 0 Å². The summed E-state index contributed by atoms with van der Waals surface area (Å²) in [7, 11) is 0. The molecule has 0 heteroatoms. The van der Waals surface area contributed by atoms with E-state index in [0.717, 1.165) is 23.7 Å². The van der Waals surface area contributed by atoms with Crippen molar-refractivity contribution in [1.29, 1.82) is 0 Å². The molecule has 0 heterocycles. The first-order valence-corrected chi connectivity index (χ1v) is 22.3. The largest absolute Gasteiger partial charge is 0.0683 e. The van der Waals surface area contributed by atoms with Crippen LogP contribution in [0.15, 0.2) is 0 Å². The number of fused-ring (bicyclic) bond motifs is 8. The van der Waals surface area contributed by atoms with Crippen LogP contribution >= 0.6 is 0 Å². The van der Waals surface area contributed by atoms with E-state index in [0.29, 0.717) is 0 Å². The lowest BCUT2D eigenvalue weighted by Crippen LogP contribution is -2.21. The van der Waals surface area contributed by atoms with Crippen LogP contribution in [0.5, 0.6) is 0 Å². The third kappa shape index (κ3) is 23.9. The minimum absolute atomic E-state index is 1.15. The average Bonchev–Trinajstić information content (AvgIpc) is 4.04. The summed E-state index contributed by atoms with van der Waals surface area (Å²) in [5, 5.41) is 0. The molecule has 10 aliphatic carbocycles. The van der Waals surface area contributed by atoms with Crippen molar-refractivity contribution in [2.24, 2.45) is 47.3 Å². The quantitative estimate of drug-likeness (QED) is 0.248. The van der Waals surface area contributed by atoms with Crippen molar-refractivity contribution in [2.45, 2.75) is 246 Å². The van der Waals surface area contributed by atoms with E-state index >= 15 is 0 Å². The summed E-state index contributed by atoms with van der Waals surface area (Å²) in [5.41, 5.74) is 0. The molecule has 0 saturated heterocycles. The van der Waals surface area contributed by atoms with E-state index < -0.39 is 0 Å². The van der Waals surface area contributed by atoms with Crippen LogP contribution in [0, 0.1) is 47.3 Å². The maximum absolute atomic E-state index is 2.00. The first kappa shape index (κ1) is 51.8. The van der Waals surface area contributed by atoms with Gasteiger partial charge in [0.15, 0.2) is 0 Å². The molecule has 2 unspecified atom stereocenters. The highest BCUT2D eigenvalue weighted by atomic mass is 14.4. The van der Waals surface area contributed by atoms with E-state index in [9.17, 15) is 0 Å². The van der Waals surface area contributed by atoms with Gasteiger partial charge in [-0.2, -0.15) is 0 Å². The molecule has 0 aromatic carbocycles. The van der Waals surface area contributed by atoms with Gasteiger partial charge in [0.05, 0.1) is 0 Å². The van der Waals surface area contributed by atoms with Gasteiger partial charge in [-0.05, 0) is 73.0 Å². The maximum atomic E-state index is 2.00. The zero-order valence-corrected chi connectivity index (χ0v) is 35.5. The second kappa shape index (κ2) is 40.2. The van der Waals surface area contributed by atoms with Gasteiger partial charge in [0.1, 0.15) is 0 Å². The fourth-order valence-corrected chi connectivity index (χ4v) is 8.67. The molecule has 2 atom stereocenters. The van der Waals surface area contributed by atoms with Crippen LogP contribution in [0.2, 0.25) is 0 Å². The fraction of sp³-hybridized carbons (Fsp3) is 1.00. The van der Waals surface area contributed by atoms with Crippen molar-refractivity contribution >= 4 is 0 Å². The standard InChI is InChI=1S/2C8H14.C7H12.C6H10.8C2H6/c1-2-8-5-3-7(1)4-6-8;1-2-7-4-5-8(3-1)6-7;1-2-7-4-3-6(1)5-7;1-2-6-3-5(1)4-6;8*1-2/h2*7-8H,1-6H2;6-7H,1-5H2;5-6H,1-4H2;8*1-2H3. The molecular formula is C45H98. The van der Waals surface area contributed by atoms with Gasteiger partial charge in [-0.1, -0.05) is 220 Å². The highest BCUT2D eigenvalue weighted by Gasteiger charge is 2.35. The van der Waals surface area contributed by atoms with Gasteiger partial charge in [0.2, 0.25) is 0 Å². The molecule has 0 aromatic heterocycles. The zero-order valence-electron chi connectivity index (χ0n) is 35.5. The molecule has 0 nitrogen and oxygen atoms in total. The second-order valence-electron chi connectivity index (χ2n) is 12.8. The normalized spacial score (nSPS) is 31.5. The molecule has 10 rings (SSSR count). The monoisotopic (exact) mass is 639 g/mol. The van der Waals surface area contributed by atoms with Crippen molar-refractivity contribution in [3.63, 3.8) is 0 Å². The van der Waals surface area contributed by atoms with E-state index in [1.54, 1.807) is 128 Å². The molecule has 0 aliphatic heterocycles. The molecular weight excluding hydrogens is 540 g/mol. The van der Waals surface area contributed by atoms with Crippen molar-refractivity contribution < 1.29 is 0 Å². The third-order valence-corrected chi connectivity index (χ3v) is 10.8. The first-order valence-electron chi connectivity index (χ1n) is 22.3. The lowest BCUT2D eigenvalue weighted by atomic mass is 9.71. The van der Waals surface area contributed by atoms with Gasteiger partial charge in [-0.3, -0.25) is 0 Å². The van der Waals surface area contributed by atoms with Crippen molar-refractivity contribution in [1.82, 2.24) is 0 Å². The van der Waals surface area contributed by atoms with Crippen LogP contribution in [0.1, 0.15) is 246 Å². The first-order chi connectivity index (χ1) is 22.3. The van der Waals surface area contributed by atoms with Crippen LogP contribution in [-0.4, -0.2) is 0 Å². The Hall–Kier alpha value is 0. The summed E-state index contributed by atoms with van der Waals surface area (Å²) in [5.74, 6) is 9.35. The summed E-state index contributed by atoms with van der Waals surface area (Å²) in [6, 6.07) is 0. The summed E-state index contributed by atoms with van der Waals surface area (Å²) in [6.07, 6.45) is 32.8. The number of hydrogen-bond donors (Lipinski definition) is 0. The smallest absolute Gasteiger partial charge is 0.0409 e. The van der Waals surface area contributed by atoms with E-state index in [1.165, 1.54) is 30.1 Å². The summed E-state index contributed by atoms with van der Waals surface area (Å²) < 4.78 is 0. The number of hydrogen-bond acceptors (Lipinski definition) is 0. The minimum Gasteiger partial charge on any atom is -0.0683 e. The Bertz CT molecular complexity index is 399. The Kier molecular flexibility index (Phi) is 46.3. The van der Waals surface area contributed by atoms with Crippen LogP contribution in [0.3, 0.4) is 0 Å². The molecule has 10 saturated carbocycles. The SMILES string of the molecule is C1CC2CC1C2.C1CC2CCC(C1)C2.C1CC2CCC1C2.C1CC2CCC1CC2.CC.CC.CC.CC.CC.CC.CC.CC. The van der Waals surface area contributed by atoms with Gasteiger partial charge in [-0.25, -0.2) is 0 Å². The Morgan fingerprint density at radius 3 is 0.467 bits per heavy atom. The van der Waals surface area contributed by atoms with Gasteiger partial charge >= 0.3 is 0 Å². The minimum atomic E-state index is 1.15. The Morgan fingerprint density at radius 2 is 0.333 bits per heavy atom. The summed E-state index contributed by atoms with van der Waals surface area (Å²) in [4.78, 5) is 0. The molecule has 278 valence electrons. The van der Waals surface area contributed by atoms with Gasteiger partial charge in [0, 0.05) is 0 Å². The van der Waals surface area contributed by atoms with Crippen LogP contribution in [0.4, 0.5) is 0 Å². The van der Waals surface area contributed by atoms with Crippen molar-refractivity contribution in [3.05, 3.63) is 0 Å². The van der Waals surface area contributed by atoms with Gasteiger partial charge < -0.3 is 0 Å². The fourth-order valence-electron chi connectivity index (χ4n) is 8.67. The van der Waals surface area contributed by atoms with Gasteiger partial charge in [-0.15, -0.1) is 0 Å². The maximum Gasteiger partial charge on any atom is -0.0409 e. The van der Waals surface area contributed by atoms with Crippen LogP contribution in [0.25, 0.3) is 0 Å². The van der Waals surface area contributed by atoms with E-state index in [1.807, 2.05) is 111 Å². The predicted molar refractivity (Wildman–Crippen MR) is 216 cm³/mol. The van der Waals surface area contributed by atoms with Crippen LogP contribution < -0.4 is 0 Å². The Labute approximate surface area is 292 Å². The Balaban J connectivity index is -0.000000218. The molecule has 0 radical (unpaired) electrons. The zero-order chi connectivity index (χ0) is 35.5. The molecule has 8 bridgehead atoms. The predicted octanol–water partition coefficient (Wildman–Crippen LogP) is 17.4. The molecule has 0 amide bonds. The topological polar surface area (TPSA) is 0 Å². The molecule has 0 N–H and O–H groups in total. The summed E-state index contributed by atoms with van der Waals surface area (Å²) >= 11 is 0. The van der Waals surface area contributed by atoms with Gasteiger partial charge in [0.25, 0.3) is 0 Å². The molecule has 0 aromatic rings. The third-order valence-electron chi connectivity index (χ3n) is 10.8. The highest BCUT2D eigenvalue weighted by molar-refractivity contribution is 4.87. The molecule has 10 fully saturated rings. The highest BCUT2D eigenvalue weighted by Crippen LogP contribution is 2.48.